The van der Waals surface area contributed by atoms with Gasteiger partial charge in [-0.25, -0.2) is 0 Å². The Balaban J connectivity index is 1.79. The normalized spacial score (nSPS) is 22.5. The Hall–Kier alpha value is -1.16. The van der Waals surface area contributed by atoms with Gasteiger partial charge in [0, 0.05) is 16.6 Å². The summed E-state index contributed by atoms with van der Waals surface area (Å²) in [4.78, 5) is 13.1. The molecule has 0 aromatic heterocycles. The molecule has 1 fully saturated rings. The number of hydrogen-bond donors (Lipinski definition) is 2. The van der Waals surface area contributed by atoms with Crippen LogP contribution in [-0.2, 0) is 4.79 Å². The molecule has 0 atom stereocenters. The van der Waals surface area contributed by atoms with Gasteiger partial charge in [0.15, 0.2) is 0 Å². The lowest BCUT2D eigenvalue weighted by atomic mass is 9.87. The Morgan fingerprint density at radius 3 is 2.75 bits per heavy atom. The number of benzene rings is 1. The Morgan fingerprint density at radius 2 is 2.05 bits per heavy atom. The molecule has 1 aromatic rings. The molecule has 0 spiro atoms. The summed E-state index contributed by atoms with van der Waals surface area (Å²) in [6.07, 6.45) is 4.70. The van der Waals surface area contributed by atoms with E-state index in [2.05, 4.69) is 12.2 Å². The summed E-state index contributed by atoms with van der Waals surface area (Å²) in [5.41, 5.74) is 7.73. The number of anilines is 1. The fraction of sp³-hybridized carbons (Fsp3) is 0.562. The van der Waals surface area contributed by atoms with Gasteiger partial charge in [-0.05, 0) is 56.2 Å². The van der Waals surface area contributed by atoms with E-state index in [1.165, 1.54) is 12.8 Å². The zero-order valence-electron chi connectivity index (χ0n) is 12.3. The SMILES string of the molecule is Cc1c(N)cccc1SCC(=O)NC1CCC(C)CC1. The van der Waals surface area contributed by atoms with Crippen LogP contribution in [0.2, 0.25) is 0 Å². The summed E-state index contributed by atoms with van der Waals surface area (Å²) in [6, 6.07) is 6.22. The van der Waals surface area contributed by atoms with E-state index in [1.54, 1.807) is 11.8 Å². The second kappa shape index (κ2) is 7.02. The monoisotopic (exact) mass is 292 g/mol. The minimum Gasteiger partial charge on any atom is -0.398 e. The molecule has 1 aromatic carbocycles. The zero-order valence-corrected chi connectivity index (χ0v) is 13.1. The van der Waals surface area contributed by atoms with Crippen molar-refractivity contribution in [2.75, 3.05) is 11.5 Å². The van der Waals surface area contributed by atoms with E-state index >= 15 is 0 Å². The molecule has 0 saturated heterocycles. The van der Waals surface area contributed by atoms with Crippen molar-refractivity contribution < 1.29 is 4.79 Å². The predicted octanol–water partition coefficient (Wildman–Crippen LogP) is 3.36. The van der Waals surface area contributed by atoms with Gasteiger partial charge in [0.25, 0.3) is 0 Å². The number of nitrogens with two attached hydrogens (primary N) is 1. The molecular weight excluding hydrogens is 268 g/mol. The predicted molar refractivity (Wildman–Crippen MR) is 85.9 cm³/mol. The number of hydrogen-bond acceptors (Lipinski definition) is 3. The van der Waals surface area contributed by atoms with E-state index in [4.69, 9.17) is 5.73 Å². The van der Waals surface area contributed by atoms with E-state index in [1.807, 2.05) is 25.1 Å². The van der Waals surface area contributed by atoms with Crippen molar-refractivity contribution in [1.82, 2.24) is 5.32 Å². The molecule has 1 aliphatic carbocycles. The molecule has 3 nitrogen and oxygen atoms in total. The molecule has 0 bridgehead atoms. The maximum absolute atomic E-state index is 12.0. The van der Waals surface area contributed by atoms with E-state index in [0.717, 1.165) is 34.9 Å². The molecule has 0 heterocycles. The summed E-state index contributed by atoms with van der Waals surface area (Å²) in [7, 11) is 0. The third kappa shape index (κ3) is 4.17. The third-order valence-corrected chi connectivity index (χ3v) is 5.23. The summed E-state index contributed by atoms with van der Waals surface area (Å²) >= 11 is 1.57. The molecule has 0 unspecified atom stereocenters. The molecule has 2 rings (SSSR count). The Labute approximate surface area is 125 Å². The lowest BCUT2D eigenvalue weighted by Gasteiger charge is -2.26. The Morgan fingerprint density at radius 1 is 1.35 bits per heavy atom. The minimum atomic E-state index is 0.136. The van der Waals surface area contributed by atoms with Gasteiger partial charge in [-0.15, -0.1) is 11.8 Å². The standard InChI is InChI=1S/C16H24N2OS/c1-11-6-8-13(9-7-11)18-16(19)10-20-15-5-3-4-14(17)12(15)2/h3-5,11,13H,6-10,17H2,1-2H3,(H,18,19). The molecule has 0 aliphatic heterocycles. The average Bonchev–Trinajstić information content (AvgIpc) is 2.43. The van der Waals surface area contributed by atoms with Gasteiger partial charge in [-0.3, -0.25) is 4.79 Å². The van der Waals surface area contributed by atoms with Crippen molar-refractivity contribution >= 4 is 23.4 Å². The van der Waals surface area contributed by atoms with Crippen LogP contribution in [0, 0.1) is 12.8 Å². The molecule has 110 valence electrons. The van der Waals surface area contributed by atoms with Crippen molar-refractivity contribution in [2.24, 2.45) is 5.92 Å². The highest BCUT2D eigenvalue weighted by Crippen LogP contribution is 2.26. The summed E-state index contributed by atoms with van der Waals surface area (Å²) < 4.78 is 0. The van der Waals surface area contributed by atoms with Crippen LogP contribution in [0.25, 0.3) is 0 Å². The van der Waals surface area contributed by atoms with Crippen molar-refractivity contribution in [3.8, 4) is 0 Å². The minimum absolute atomic E-state index is 0.136. The van der Waals surface area contributed by atoms with Crippen LogP contribution in [0.5, 0.6) is 0 Å². The molecular formula is C16H24N2OS. The van der Waals surface area contributed by atoms with Gasteiger partial charge in [-0.1, -0.05) is 13.0 Å². The van der Waals surface area contributed by atoms with Crippen molar-refractivity contribution in [1.29, 1.82) is 0 Å². The van der Waals surface area contributed by atoms with Gasteiger partial charge in [0.2, 0.25) is 5.91 Å². The number of carbonyl (C=O) groups excluding carboxylic acids is 1. The van der Waals surface area contributed by atoms with E-state index < -0.39 is 0 Å². The summed E-state index contributed by atoms with van der Waals surface area (Å²) in [5.74, 6) is 1.42. The highest BCUT2D eigenvalue weighted by atomic mass is 32.2. The van der Waals surface area contributed by atoms with E-state index in [9.17, 15) is 4.79 Å². The van der Waals surface area contributed by atoms with Crippen LogP contribution >= 0.6 is 11.8 Å². The first-order valence-electron chi connectivity index (χ1n) is 7.33. The van der Waals surface area contributed by atoms with Gasteiger partial charge < -0.3 is 11.1 Å². The molecule has 0 radical (unpaired) electrons. The quantitative estimate of drug-likeness (QED) is 0.661. The number of rotatable bonds is 4. The third-order valence-electron chi connectivity index (χ3n) is 4.07. The van der Waals surface area contributed by atoms with Gasteiger partial charge >= 0.3 is 0 Å². The number of nitrogens with one attached hydrogen (secondary N) is 1. The van der Waals surface area contributed by atoms with E-state index in [0.29, 0.717) is 11.8 Å². The maximum Gasteiger partial charge on any atom is 0.230 e. The largest absolute Gasteiger partial charge is 0.398 e. The van der Waals surface area contributed by atoms with Crippen molar-refractivity contribution in [3.63, 3.8) is 0 Å². The number of thioether (sulfide) groups is 1. The Bertz CT molecular complexity index is 468. The zero-order chi connectivity index (χ0) is 14.5. The van der Waals surface area contributed by atoms with Crippen LogP contribution in [0.4, 0.5) is 5.69 Å². The lowest BCUT2D eigenvalue weighted by Crippen LogP contribution is -2.38. The second-order valence-electron chi connectivity index (χ2n) is 5.78. The van der Waals surface area contributed by atoms with Gasteiger partial charge in [0.1, 0.15) is 0 Å². The topological polar surface area (TPSA) is 55.1 Å². The molecule has 1 aliphatic rings. The van der Waals surface area contributed by atoms with Gasteiger partial charge in [0.05, 0.1) is 5.75 Å². The highest BCUT2D eigenvalue weighted by Gasteiger charge is 2.19. The average molecular weight is 292 g/mol. The second-order valence-corrected chi connectivity index (χ2v) is 6.80. The van der Waals surface area contributed by atoms with Crippen LogP contribution in [0.1, 0.15) is 38.2 Å². The fourth-order valence-corrected chi connectivity index (χ4v) is 3.48. The van der Waals surface area contributed by atoms with Crippen molar-refractivity contribution in [2.45, 2.75) is 50.5 Å². The van der Waals surface area contributed by atoms with Crippen LogP contribution < -0.4 is 11.1 Å². The van der Waals surface area contributed by atoms with Crippen molar-refractivity contribution in [3.05, 3.63) is 23.8 Å². The smallest absolute Gasteiger partial charge is 0.230 e. The molecule has 20 heavy (non-hydrogen) atoms. The lowest BCUT2D eigenvalue weighted by molar-refractivity contribution is -0.119. The van der Waals surface area contributed by atoms with Crippen LogP contribution in [0.15, 0.2) is 23.1 Å². The number of carbonyl (C=O) groups is 1. The summed E-state index contributed by atoms with van der Waals surface area (Å²) in [6.45, 7) is 4.29. The molecule has 1 saturated carbocycles. The van der Waals surface area contributed by atoms with Crippen LogP contribution in [-0.4, -0.2) is 17.7 Å². The Kier molecular flexibility index (Phi) is 5.35. The molecule has 1 amide bonds. The maximum atomic E-state index is 12.0. The molecule has 3 N–H and O–H groups in total. The van der Waals surface area contributed by atoms with Crippen LogP contribution in [0.3, 0.4) is 0 Å². The molecule has 4 heteroatoms. The van der Waals surface area contributed by atoms with Gasteiger partial charge in [-0.2, -0.15) is 0 Å². The fourth-order valence-electron chi connectivity index (χ4n) is 2.60. The summed E-state index contributed by atoms with van der Waals surface area (Å²) in [5, 5.41) is 3.15. The first-order chi connectivity index (χ1) is 9.56. The first kappa shape index (κ1) is 15.2. The highest BCUT2D eigenvalue weighted by molar-refractivity contribution is 8.00. The first-order valence-corrected chi connectivity index (χ1v) is 8.32. The van der Waals surface area contributed by atoms with E-state index in [-0.39, 0.29) is 5.91 Å². The number of nitrogen functional groups attached to an aromatic ring is 1. The number of amides is 1.